The fourth-order valence-corrected chi connectivity index (χ4v) is 4.72. The van der Waals surface area contributed by atoms with Crippen molar-refractivity contribution >= 4 is 23.2 Å². The molecule has 1 saturated heterocycles. The summed E-state index contributed by atoms with van der Waals surface area (Å²) in [6, 6.07) is 11.7. The maximum Gasteiger partial charge on any atom is 0.416 e. The van der Waals surface area contributed by atoms with Crippen LogP contribution >= 0.6 is 0 Å². The lowest BCUT2D eigenvalue weighted by atomic mass is 10.0. The lowest BCUT2D eigenvalue weighted by Gasteiger charge is -2.12. The van der Waals surface area contributed by atoms with Gasteiger partial charge in [0.05, 0.1) is 29.6 Å². The van der Waals surface area contributed by atoms with Crippen LogP contribution in [0.4, 0.5) is 24.5 Å². The molecule has 1 unspecified atom stereocenters. The smallest absolute Gasteiger partial charge is 0.381 e. The summed E-state index contributed by atoms with van der Waals surface area (Å²) in [5, 5.41) is 10.2. The Bertz CT molecular complexity index is 1560. The number of amides is 2. The van der Waals surface area contributed by atoms with Crippen LogP contribution in [0.3, 0.4) is 0 Å². The molecule has 0 spiro atoms. The zero-order valence-electron chi connectivity index (χ0n) is 22.2. The molecular weight excluding hydrogens is 535 g/mol. The third-order valence-corrected chi connectivity index (χ3v) is 6.85. The minimum absolute atomic E-state index is 0.0928. The number of carbonyl (C=O) groups is 2. The molecule has 5 rings (SSSR count). The quantitative estimate of drug-likeness (QED) is 0.282. The first-order chi connectivity index (χ1) is 19.7. The van der Waals surface area contributed by atoms with Crippen LogP contribution in [-0.2, 0) is 26.9 Å². The Morgan fingerprint density at radius 1 is 1.07 bits per heavy atom. The summed E-state index contributed by atoms with van der Waals surface area (Å²) in [6.07, 6.45) is 3.30. The second-order valence-electron chi connectivity index (χ2n) is 10.0. The SMILES string of the molecule is Cc1ccc(NC(=O)Cc2cccc(C(F)(F)F)c2)cc1-n1cc(-c2cnccc2NC(=O)CC2CCOC2)cn1. The van der Waals surface area contributed by atoms with Crippen LogP contribution in [0, 0.1) is 12.8 Å². The number of ether oxygens (including phenoxy) is 1. The summed E-state index contributed by atoms with van der Waals surface area (Å²) in [6.45, 7) is 3.17. The second-order valence-corrected chi connectivity index (χ2v) is 10.0. The van der Waals surface area contributed by atoms with E-state index in [4.69, 9.17) is 4.74 Å². The molecule has 2 amide bonds. The maximum atomic E-state index is 13.0. The molecule has 4 aromatic rings. The molecule has 3 heterocycles. The molecule has 0 radical (unpaired) electrons. The van der Waals surface area contributed by atoms with E-state index >= 15 is 0 Å². The van der Waals surface area contributed by atoms with E-state index in [0.717, 1.165) is 29.7 Å². The number of benzene rings is 2. The van der Waals surface area contributed by atoms with E-state index < -0.39 is 17.6 Å². The third-order valence-electron chi connectivity index (χ3n) is 6.85. The first-order valence-corrected chi connectivity index (χ1v) is 13.1. The van der Waals surface area contributed by atoms with Crippen molar-refractivity contribution < 1.29 is 27.5 Å². The summed E-state index contributed by atoms with van der Waals surface area (Å²) in [5.74, 6) is -0.325. The van der Waals surface area contributed by atoms with Crippen molar-refractivity contribution in [3.05, 3.63) is 90.0 Å². The van der Waals surface area contributed by atoms with E-state index in [0.29, 0.717) is 42.3 Å². The molecule has 0 aliphatic carbocycles. The minimum Gasteiger partial charge on any atom is -0.381 e. The Hall–Kier alpha value is -4.51. The lowest BCUT2D eigenvalue weighted by molar-refractivity contribution is -0.137. The number of aromatic nitrogens is 3. The number of rotatable bonds is 8. The highest BCUT2D eigenvalue weighted by Gasteiger charge is 2.30. The number of pyridine rings is 1. The van der Waals surface area contributed by atoms with E-state index in [9.17, 15) is 22.8 Å². The van der Waals surface area contributed by atoms with E-state index in [1.54, 1.807) is 47.7 Å². The van der Waals surface area contributed by atoms with Gasteiger partial charge in [-0.1, -0.05) is 24.3 Å². The highest BCUT2D eigenvalue weighted by Crippen LogP contribution is 2.31. The number of hydrogen-bond donors (Lipinski definition) is 2. The van der Waals surface area contributed by atoms with Gasteiger partial charge in [-0.25, -0.2) is 4.68 Å². The van der Waals surface area contributed by atoms with Crippen molar-refractivity contribution in [3.8, 4) is 16.8 Å². The summed E-state index contributed by atoms with van der Waals surface area (Å²) < 4.78 is 46.1. The summed E-state index contributed by atoms with van der Waals surface area (Å²) >= 11 is 0. The Labute approximate surface area is 234 Å². The Morgan fingerprint density at radius 3 is 2.71 bits per heavy atom. The van der Waals surface area contributed by atoms with Gasteiger partial charge in [0.25, 0.3) is 0 Å². The molecule has 1 aliphatic rings. The highest BCUT2D eigenvalue weighted by molar-refractivity contribution is 5.95. The molecule has 0 bridgehead atoms. The van der Waals surface area contributed by atoms with E-state index in [2.05, 4.69) is 20.7 Å². The molecule has 2 aromatic heterocycles. The summed E-state index contributed by atoms with van der Waals surface area (Å²) in [4.78, 5) is 29.5. The molecule has 2 aromatic carbocycles. The zero-order valence-corrected chi connectivity index (χ0v) is 22.2. The van der Waals surface area contributed by atoms with Gasteiger partial charge in [-0.2, -0.15) is 18.3 Å². The Morgan fingerprint density at radius 2 is 1.93 bits per heavy atom. The molecule has 2 N–H and O–H groups in total. The molecular formula is C30H28F3N5O3. The van der Waals surface area contributed by atoms with Crippen LogP contribution in [0.5, 0.6) is 0 Å². The fourth-order valence-electron chi connectivity index (χ4n) is 4.72. The largest absolute Gasteiger partial charge is 0.416 e. The van der Waals surface area contributed by atoms with Gasteiger partial charge in [0.2, 0.25) is 11.8 Å². The van der Waals surface area contributed by atoms with Crippen LogP contribution in [-0.4, -0.2) is 39.8 Å². The number of anilines is 2. The first-order valence-electron chi connectivity index (χ1n) is 13.1. The Kier molecular flexibility index (Phi) is 8.16. The van der Waals surface area contributed by atoms with E-state index in [1.807, 2.05) is 13.0 Å². The predicted octanol–water partition coefficient (Wildman–Crippen LogP) is 5.81. The minimum atomic E-state index is -4.48. The molecule has 1 aliphatic heterocycles. The van der Waals surface area contributed by atoms with Gasteiger partial charge in [-0.3, -0.25) is 14.6 Å². The first kappa shape index (κ1) is 28.0. The van der Waals surface area contributed by atoms with E-state index in [1.165, 1.54) is 12.1 Å². The van der Waals surface area contributed by atoms with Gasteiger partial charge in [0.15, 0.2) is 0 Å². The van der Waals surface area contributed by atoms with Gasteiger partial charge in [0.1, 0.15) is 0 Å². The van der Waals surface area contributed by atoms with Gasteiger partial charge in [-0.15, -0.1) is 0 Å². The molecule has 1 fully saturated rings. The van der Waals surface area contributed by atoms with Crippen molar-refractivity contribution in [3.63, 3.8) is 0 Å². The van der Waals surface area contributed by atoms with Gasteiger partial charge in [0, 0.05) is 55.0 Å². The van der Waals surface area contributed by atoms with Crippen LogP contribution < -0.4 is 10.6 Å². The average molecular weight is 564 g/mol. The Balaban J connectivity index is 1.30. The highest BCUT2D eigenvalue weighted by atomic mass is 19.4. The summed E-state index contributed by atoms with van der Waals surface area (Å²) in [7, 11) is 0. The van der Waals surface area contributed by atoms with Crippen LogP contribution in [0.15, 0.2) is 73.3 Å². The van der Waals surface area contributed by atoms with Crippen molar-refractivity contribution in [1.82, 2.24) is 14.8 Å². The fraction of sp³-hybridized carbons (Fsp3) is 0.267. The number of nitrogens with one attached hydrogen (secondary N) is 2. The number of hydrogen-bond acceptors (Lipinski definition) is 5. The van der Waals surface area contributed by atoms with Gasteiger partial charge < -0.3 is 15.4 Å². The number of nitrogens with zero attached hydrogens (tertiary/aromatic N) is 3. The number of halogens is 3. The maximum absolute atomic E-state index is 13.0. The van der Waals surface area contributed by atoms with Crippen molar-refractivity contribution in [2.75, 3.05) is 23.8 Å². The molecule has 1 atom stereocenters. The topological polar surface area (TPSA) is 98.1 Å². The standard InChI is InChI=1S/C30H28F3N5O3/c1-19-5-6-24(36-28(39)12-20-3-2-4-23(11-20)30(31,32)33)14-27(19)38-17-22(15-35-38)25-16-34-9-7-26(25)37-29(40)13-21-8-10-41-18-21/h2-7,9,11,14-17,21H,8,10,12-13,18H2,1H3,(H,36,39)(H,34,37,40). The normalized spacial score (nSPS) is 15.1. The monoisotopic (exact) mass is 563 g/mol. The molecule has 11 heteroatoms. The number of carbonyl (C=O) groups excluding carboxylic acids is 2. The van der Waals surface area contributed by atoms with Crippen LogP contribution in [0.2, 0.25) is 0 Å². The van der Waals surface area contributed by atoms with Crippen molar-refractivity contribution in [1.29, 1.82) is 0 Å². The van der Waals surface area contributed by atoms with Gasteiger partial charge in [-0.05, 0) is 54.7 Å². The summed E-state index contributed by atoms with van der Waals surface area (Å²) in [5.41, 5.74) is 3.58. The lowest BCUT2D eigenvalue weighted by Crippen LogP contribution is -2.17. The molecule has 212 valence electrons. The second kappa shape index (κ2) is 11.9. The zero-order chi connectivity index (χ0) is 29.0. The van der Waals surface area contributed by atoms with Crippen molar-refractivity contribution in [2.24, 2.45) is 5.92 Å². The number of aryl methyl sites for hydroxylation is 1. The molecule has 8 nitrogen and oxygen atoms in total. The average Bonchev–Trinajstić information content (AvgIpc) is 3.62. The van der Waals surface area contributed by atoms with Crippen LogP contribution in [0.25, 0.3) is 16.8 Å². The predicted molar refractivity (Wildman–Crippen MR) is 147 cm³/mol. The molecule has 0 saturated carbocycles. The van der Waals surface area contributed by atoms with Gasteiger partial charge >= 0.3 is 6.18 Å². The van der Waals surface area contributed by atoms with E-state index in [-0.39, 0.29) is 23.8 Å². The third kappa shape index (κ3) is 6.98. The molecule has 41 heavy (non-hydrogen) atoms. The van der Waals surface area contributed by atoms with Crippen LogP contribution in [0.1, 0.15) is 29.5 Å². The van der Waals surface area contributed by atoms with Crippen molar-refractivity contribution in [2.45, 2.75) is 32.4 Å². The number of alkyl halides is 3.